The van der Waals surface area contributed by atoms with E-state index in [4.69, 9.17) is 4.74 Å². The fraction of sp³-hybridized carbons (Fsp3) is 0.650. The maximum atomic E-state index is 14.8. The molecule has 1 aromatic rings. The largest absolute Gasteiger partial charge is 0.444 e. The van der Waals surface area contributed by atoms with Gasteiger partial charge in [-0.2, -0.15) is 11.8 Å². The van der Waals surface area contributed by atoms with Crippen molar-refractivity contribution in [3.05, 3.63) is 24.0 Å². The highest BCUT2D eigenvalue weighted by Gasteiger charge is 2.33. The Balaban J connectivity index is 1.62. The van der Waals surface area contributed by atoms with Crippen LogP contribution in [0.4, 0.5) is 20.6 Å². The lowest BCUT2D eigenvalue weighted by Gasteiger charge is -2.24. The van der Waals surface area contributed by atoms with Gasteiger partial charge < -0.3 is 9.64 Å². The number of rotatable bonds is 8. The minimum absolute atomic E-state index is 0.000935. The van der Waals surface area contributed by atoms with Gasteiger partial charge in [0.2, 0.25) is 0 Å². The molecule has 2 aliphatic heterocycles. The van der Waals surface area contributed by atoms with E-state index in [0.29, 0.717) is 17.8 Å². The van der Waals surface area contributed by atoms with E-state index in [1.54, 1.807) is 12.1 Å². The Labute approximate surface area is 176 Å². The van der Waals surface area contributed by atoms with Crippen LogP contribution in [0.3, 0.4) is 0 Å². The number of thioether (sulfide) groups is 1. The first-order valence-corrected chi connectivity index (χ1v) is 13.2. The Kier molecular flexibility index (Phi) is 7.67. The molecule has 1 aromatic carbocycles. The molecule has 162 valence electrons. The van der Waals surface area contributed by atoms with Gasteiger partial charge in [-0.1, -0.05) is 13.3 Å². The molecule has 0 unspecified atom stereocenters. The maximum absolute atomic E-state index is 14.8. The molecule has 2 heterocycles. The normalized spacial score (nSPS) is 20.6. The van der Waals surface area contributed by atoms with E-state index < -0.39 is 22.0 Å². The van der Waals surface area contributed by atoms with Crippen LogP contribution in [-0.2, 0) is 14.6 Å². The second-order valence-electron chi connectivity index (χ2n) is 7.50. The SMILES string of the molecule is CCCCS(=O)(=O)CC[C@H]1CN(c2ccc(N3CCCSCC3)c(F)c2)C(=O)O1. The number of hydrogen-bond acceptors (Lipinski definition) is 6. The molecule has 29 heavy (non-hydrogen) atoms. The zero-order chi connectivity index (χ0) is 20.9. The van der Waals surface area contributed by atoms with E-state index in [1.807, 2.05) is 23.6 Å². The summed E-state index contributed by atoms with van der Waals surface area (Å²) < 4.78 is 44.1. The predicted octanol–water partition coefficient (Wildman–Crippen LogP) is 3.70. The van der Waals surface area contributed by atoms with Gasteiger partial charge in [0.05, 0.1) is 29.4 Å². The average Bonchev–Trinajstić information content (AvgIpc) is 2.88. The second-order valence-corrected chi connectivity index (χ2v) is 11.0. The zero-order valence-electron chi connectivity index (χ0n) is 16.8. The number of nitrogens with zero attached hydrogens (tertiary/aromatic N) is 2. The fourth-order valence-electron chi connectivity index (χ4n) is 3.57. The number of amides is 1. The number of sulfone groups is 1. The van der Waals surface area contributed by atoms with Crippen molar-refractivity contribution in [2.75, 3.05) is 52.4 Å². The standard InChI is InChI=1S/C20H29FN2O4S2/c1-2-3-12-29(25,26)13-7-17-15-23(20(24)27-17)16-5-6-19(18(21)14-16)22-8-4-10-28-11-9-22/h5-6,14,17H,2-4,7-13,15H2,1H3/t17-/m0/s1. The molecule has 0 radical (unpaired) electrons. The van der Waals surface area contributed by atoms with Gasteiger partial charge in [0.1, 0.15) is 21.8 Å². The monoisotopic (exact) mass is 444 g/mol. The summed E-state index contributed by atoms with van der Waals surface area (Å²) >= 11 is 1.88. The van der Waals surface area contributed by atoms with Gasteiger partial charge in [-0.25, -0.2) is 17.6 Å². The first-order chi connectivity index (χ1) is 13.9. The quantitative estimate of drug-likeness (QED) is 0.609. The summed E-state index contributed by atoms with van der Waals surface area (Å²) in [6.07, 6.45) is 1.69. The Hall–Kier alpha value is -1.48. The highest BCUT2D eigenvalue weighted by Crippen LogP contribution is 2.29. The molecule has 2 fully saturated rings. The highest BCUT2D eigenvalue weighted by molar-refractivity contribution is 7.99. The highest BCUT2D eigenvalue weighted by atomic mass is 32.2. The lowest BCUT2D eigenvalue weighted by molar-refractivity contribution is 0.139. The topological polar surface area (TPSA) is 66.9 Å². The Morgan fingerprint density at radius 2 is 2.07 bits per heavy atom. The van der Waals surface area contributed by atoms with Crippen LogP contribution in [0.2, 0.25) is 0 Å². The Bertz CT molecular complexity index is 811. The second kappa shape index (κ2) is 10.0. The fourth-order valence-corrected chi connectivity index (χ4v) is 6.01. The summed E-state index contributed by atoms with van der Waals surface area (Å²) in [6, 6.07) is 4.82. The molecule has 9 heteroatoms. The van der Waals surface area contributed by atoms with Crippen LogP contribution in [0.25, 0.3) is 0 Å². The van der Waals surface area contributed by atoms with Gasteiger partial charge in [-0.15, -0.1) is 0 Å². The number of ether oxygens (including phenoxy) is 1. The molecule has 1 atom stereocenters. The molecule has 0 N–H and O–H groups in total. The number of unbranched alkanes of at least 4 members (excludes halogenated alkanes) is 1. The summed E-state index contributed by atoms with van der Waals surface area (Å²) in [5.74, 6) is 1.87. The molecule has 0 spiro atoms. The van der Waals surface area contributed by atoms with Crippen LogP contribution in [0, 0.1) is 5.82 Å². The molecule has 3 rings (SSSR count). The molecule has 6 nitrogen and oxygen atoms in total. The van der Waals surface area contributed by atoms with E-state index in [9.17, 15) is 17.6 Å². The van der Waals surface area contributed by atoms with Crippen LogP contribution in [0.5, 0.6) is 0 Å². The summed E-state index contributed by atoms with van der Waals surface area (Å²) in [6.45, 7) is 3.81. The molecule has 2 saturated heterocycles. The van der Waals surface area contributed by atoms with Crippen LogP contribution in [0.1, 0.15) is 32.6 Å². The first kappa shape index (κ1) is 22.2. The number of halogens is 1. The third-order valence-electron chi connectivity index (χ3n) is 5.24. The Morgan fingerprint density at radius 3 is 2.83 bits per heavy atom. The third kappa shape index (κ3) is 6.01. The van der Waals surface area contributed by atoms with Crippen molar-refractivity contribution >= 4 is 39.1 Å². The van der Waals surface area contributed by atoms with Crippen molar-refractivity contribution < 1.29 is 22.3 Å². The third-order valence-corrected chi connectivity index (χ3v) is 8.06. The maximum Gasteiger partial charge on any atom is 0.414 e. The molecule has 1 amide bonds. The molecule has 0 aliphatic carbocycles. The lowest BCUT2D eigenvalue weighted by atomic mass is 10.2. The van der Waals surface area contributed by atoms with E-state index in [1.165, 1.54) is 11.0 Å². The van der Waals surface area contributed by atoms with Crippen LogP contribution in [0.15, 0.2) is 18.2 Å². The summed E-state index contributed by atoms with van der Waals surface area (Å²) in [7, 11) is -3.14. The van der Waals surface area contributed by atoms with E-state index >= 15 is 0 Å². The number of cyclic esters (lactones) is 1. The van der Waals surface area contributed by atoms with Crippen molar-refractivity contribution in [3.8, 4) is 0 Å². The van der Waals surface area contributed by atoms with Crippen molar-refractivity contribution in [2.24, 2.45) is 0 Å². The number of benzene rings is 1. The average molecular weight is 445 g/mol. The van der Waals surface area contributed by atoms with Gasteiger partial charge in [0.25, 0.3) is 0 Å². The molecule has 2 aliphatic rings. The Morgan fingerprint density at radius 1 is 1.24 bits per heavy atom. The zero-order valence-corrected chi connectivity index (χ0v) is 18.4. The van der Waals surface area contributed by atoms with Crippen molar-refractivity contribution in [1.29, 1.82) is 0 Å². The smallest absolute Gasteiger partial charge is 0.414 e. The van der Waals surface area contributed by atoms with E-state index in [0.717, 1.165) is 37.4 Å². The summed E-state index contributed by atoms with van der Waals surface area (Å²) in [5, 5.41) is 0. The van der Waals surface area contributed by atoms with Crippen LogP contribution in [-0.4, -0.2) is 63.3 Å². The molecule has 0 aromatic heterocycles. The molecule has 0 bridgehead atoms. The summed E-state index contributed by atoms with van der Waals surface area (Å²) in [4.78, 5) is 15.7. The summed E-state index contributed by atoms with van der Waals surface area (Å²) in [5.41, 5.74) is 0.999. The number of carbonyl (C=O) groups is 1. The van der Waals surface area contributed by atoms with Crippen molar-refractivity contribution in [2.45, 2.75) is 38.7 Å². The van der Waals surface area contributed by atoms with Gasteiger partial charge in [-0.3, -0.25) is 4.90 Å². The van der Waals surface area contributed by atoms with Gasteiger partial charge in [0, 0.05) is 25.3 Å². The number of carbonyl (C=O) groups excluding carboxylic acids is 1. The first-order valence-electron chi connectivity index (χ1n) is 10.2. The minimum Gasteiger partial charge on any atom is -0.444 e. The van der Waals surface area contributed by atoms with Crippen LogP contribution < -0.4 is 9.80 Å². The predicted molar refractivity (Wildman–Crippen MR) is 116 cm³/mol. The molecular formula is C20H29FN2O4S2. The number of hydrogen-bond donors (Lipinski definition) is 0. The van der Waals surface area contributed by atoms with Gasteiger partial charge in [0.15, 0.2) is 0 Å². The minimum atomic E-state index is -3.14. The number of anilines is 2. The lowest BCUT2D eigenvalue weighted by Crippen LogP contribution is -2.28. The van der Waals surface area contributed by atoms with Crippen molar-refractivity contribution in [3.63, 3.8) is 0 Å². The van der Waals surface area contributed by atoms with Gasteiger partial charge in [-0.05, 0) is 36.8 Å². The molecular weight excluding hydrogens is 415 g/mol. The van der Waals surface area contributed by atoms with E-state index in [2.05, 4.69) is 0 Å². The van der Waals surface area contributed by atoms with Gasteiger partial charge >= 0.3 is 6.09 Å². The molecule has 0 saturated carbocycles. The van der Waals surface area contributed by atoms with Crippen LogP contribution >= 0.6 is 11.8 Å². The van der Waals surface area contributed by atoms with E-state index in [-0.39, 0.29) is 30.3 Å². The van der Waals surface area contributed by atoms with Crippen molar-refractivity contribution in [1.82, 2.24) is 0 Å².